The molecule has 11 rings (SSSR count). The van der Waals surface area contributed by atoms with Crippen LogP contribution in [0, 0.1) is 0 Å². The van der Waals surface area contributed by atoms with Crippen molar-refractivity contribution in [2.75, 3.05) is 0 Å². The highest BCUT2D eigenvalue weighted by atomic mass is 14.3. The average Bonchev–Trinajstić information content (AvgIpc) is 3.28. The molecule has 0 saturated heterocycles. The van der Waals surface area contributed by atoms with Crippen molar-refractivity contribution in [3.63, 3.8) is 0 Å². The fourth-order valence-corrected chi connectivity index (χ4v) is 9.16. The van der Waals surface area contributed by atoms with Crippen LogP contribution in [-0.2, 0) is 0 Å². The molecule has 0 aliphatic heterocycles. The molecule has 0 N–H and O–H groups in total. The second kappa shape index (κ2) is 13.2. The lowest BCUT2D eigenvalue weighted by molar-refractivity contribution is 1.58. The van der Waals surface area contributed by atoms with Crippen molar-refractivity contribution in [1.82, 2.24) is 0 Å². The zero-order valence-electron chi connectivity index (χ0n) is 30.8. The highest BCUT2D eigenvalue weighted by molar-refractivity contribution is 6.24. The van der Waals surface area contributed by atoms with Crippen LogP contribution < -0.4 is 0 Å². The molecular formula is C56H36. The Morgan fingerprint density at radius 3 is 1.38 bits per heavy atom. The van der Waals surface area contributed by atoms with Crippen LogP contribution >= 0.6 is 0 Å². The third-order valence-corrected chi connectivity index (χ3v) is 11.7. The third kappa shape index (κ3) is 5.15. The quantitative estimate of drug-likeness (QED) is 0.156. The number of hydrogen-bond acceptors (Lipinski definition) is 0. The lowest BCUT2D eigenvalue weighted by Crippen LogP contribution is -1.97. The molecule has 260 valence electrons. The van der Waals surface area contributed by atoms with Crippen LogP contribution in [0.25, 0.3) is 109 Å². The summed E-state index contributed by atoms with van der Waals surface area (Å²) in [5.41, 5.74) is 12.3. The van der Waals surface area contributed by atoms with Gasteiger partial charge in [0.2, 0.25) is 0 Å². The minimum atomic E-state index is 1.20. The van der Waals surface area contributed by atoms with Crippen LogP contribution in [0.15, 0.2) is 218 Å². The minimum absolute atomic E-state index is 1.20. The van der Waals surface area contributed by atoms with Gasteiger partial charge in [0.05, 0.1) is 0 Å². The Morgan fingerprint density at radius 2 is 0.643 bits per heavy atom. The van der Waals surface area contributed by atoms with Crippen molar-refractivity contribution in [3.05, 3.63) is 218 Å². The molecule has 0 unspecified atom stereocenters. The number of fused-ring (bicyclic) bond motifs is 7. The second-order valence-corrected chi connectivity index (χ2v) is 14.7. The van der Waals surface area contributed by atoms with Gasteiger partial charge in [-0.1, -0.05) is 212 Å². The van der Waals surface area contributed by atoms with E-state index in [1.807, 2.05) is 0 Å². The molecule has 0 aliphatic carbocycles. The molecule has 11 aromatic carbocycles. The largest absolute Gasteiger partial charge is 0.0622 e. The van der Waals surface area contributed by atoms with E-state index in [4.69, 9.17) is 0 Å². The van der Waals surface area contributed by atoms with Crippen LogP contribution in [0.4, 0.5) is 0 Å². The molecule has 0 fully saturated rings. The Kier molecular flexibility index (Phi) is 7.60. The average molecular weight is 709 g/mol. The third-order valence-electron chi connectivity index (χ3n) is 11.7. The van der Waals surface area contributed by atoms with Crippen molar-refractivity contribution >= 4 is 53.9 Å². The molecule has 0 spiro atoms. The van der Waals surface area contributed by atoms with Gasteiger partial charge in [0, 0.05) is 0 Å². The summed E-state index contributed by atoms with van der Waals surface area (Å²) < 4.78 is 0. The van der Waals surface area contributed by atoms with E-state index in [0.717, 1.165) is 0 Å². The fraction of sp³-hybridized carbons (Fsp3) is 0. The number of rotatable bonds is 5. The number of benzene rings is 11. The van der Waals surface area contributed by atoms with Crippen LogP contribution in [0.2, 0.25) is 0 Å². The first-order chi connectivity index (χ1) is 27.8. The summed E-state index contributed by atoms with van der Waals surface area (Å²) in [5.74, 6) is 0. The zero-order chi connectivity index (χ0) is 37.0. The maximum absolute atomic E-state index is 2.47. The van der Waals surface area contributed by atoms with Gasteiger partial charge in [-0.2, -0.15) is 0 Å². The van der Waals surface area contributed by atoms with Crippen molar-refractivity contribution in [2.24, 2.45) is 0 Å². The van der Waals surface area contributed by atoms with Gasteiger partial charge in [-0.25, -0.2) is 0 Å². The van der Waals surface area contributed by atoms with Gasteiger partial charge in [0.25, 0.3) is 0 Å². The Labute approximate surface area is 326 Å². The van der Waals surface area contributed by atoms with Crippen molar-refractivity contribution < 1.29 is 0 Å². The fourth-order valence-electron chi connectivity index (χ4n) is 9.16. The lowest BCUT2D eigenvalue weighted by atomic mass is 9.78. The maximum atomic E-state index is 2.47. The SMILES string of the molecule is c1ccc(-c2cc3c(ccc4c5ccccc5ccc34)c(-c3ccccc3-c3c(-c4ccccc4)ccc4ccccc34)c2-c2cccc3ccccc23)cc1. The Bertz CT molecular complexity index is 3280. The van der Waals surface area contributed by atoms with Crippen LogP contribution in [0.1, 0.15) is 0 Å². The predicted octanol–water partition coefficient (Wildman–Crippen LogP) is 15.8. The first-order valence-electron chi connectivity index (χ1n) is 19.4. The van der Waals surface area contributed by atoms with E-state index in [2.05, 4.69) is 218 Å². The first kappa shape index (κ1) is 32.2. The van der Waals surface area contributed by atoms with Gasteiger partial charge in [-0.05, 0) is 116 Å². The molecule has 0 amide bonds. The molecule has 0 nitrogen and oxygen atoms in total. The van der Waals surface area contributed by atoms with E-state index in [-0.39, 0.29) is 0 Å². The monoisotopic (exact) mass is 708 g/mol. The molecular weight excluding hydrogens is 673 g/mol. The van der Waals surface area contributed by atoms with E-state index >= 15 is 0 Å². The molecule has 0 atom stereocenters. The van der Waals surface area contributed by atoms with E-state index in [9.17, 15) is 0 Å². The maximum Gasteiger partial charge on any atom is -0.00139 e. The topological polar surface area (TPSA) is 0 Å². The molecule has 0 aliphatic rings. The molecule has 0 saturated carbocycles. The molecule has 0 heterocycles. The zero-order valence-corrected chi connectivity index (χ0v) is 30.8. The lowest BCUT2D eigenvalue weighted by Gasteiger charge is -2.24. The summed E-state index contributed by atoms with van der Waals surface area (Å²) in [7, 11) is 0. The van der Waals surface area contributed by atoms with E-state index in [1.165, 1.54) is 109 Å². The summed E-state index contributed by atoms with van der Waals surface area (Å²) in [6, 6.07) is 80.6. The van der Waals surface area contributed by atoms with Crippen LogP contribution in [0.3, 0.4) is 0 Å². The summed E-state index contributed by atoms with van der Waals surface area (Å²) >= 11 is 0. The van der Waals surface area contributed by atoms with Crippen LogP contribution in [0.5, 0.6) is 0 Å². The van der Waals surface area contributed by atoms with E-state index in [1.54, 1.807) is 0 Å². The molecule has 0 aromatic heterocycles. The van der Waals surface area contributed by atoms with Crippen molar-refractivity contribution in [3.8, 4) is 55.6 Å². The van der Waals surface area contributed by atoms with Crippen LogP contribution in [-0.4, -0.2) is 0 Å². The molecule has 56 heavy (non-hydrogen) atoms. The summed E-state index contributed by atoms with van der Waals surface area (Å²) in [5, 5.41) is 12.5. The van der Waals surface area contributed by atoms with Gasteiger partial charge < -0.3 is 0 Å². The predicted molar refractivity (Wildman–Crippen MR) is 241 cm³/mol. The van der Waals surface area contributed by atoms with Gasteiger partial charge in [0.1, 0.15) is 0 Å². The van der Waals surface area contributed by atoms with E-state index in [0.29, 0.717) is 0 Å². The highest BCUT2D eigenvalue weighted by Gasteiger charge is 2.24. The molecule has 0 bridgehead atoms. The second-order valence-electron chi connectivity index (χ2n) is 14.7. The van der Waals surface area contributed by atoms with Gasteiger partial charge in [0.15, 0.2) is 0 Å². The molecule has 0 radical (unpaired) electrons. The summed E-state index contributed by atoms with van der Waals surface area (Å²) in [4.78, 5) is 0. The Morgan fingerprint density at radius 1 is 0.179 bits per heavy atom. The Balaban J connectivity index is 1.36. The highest BCUT2D eigenvalue weighted by Crippen LogP contribution is 2.52. The number of hydrogen-bond donors (Lipinski definition) is 0. The van der Waals surface area contributed by atoms with E-state index < -0.39 is 0 Å². The Hall–Kier alpha value is -7.28. The van der Waals surface area contributed by atoms with Gasteiger partial charge in [-0.15, -0.1) is 0 Å². The standard InChI is InChI=1S/C56H36/c1-3-16-38(17-4-1)45-32-30-41-22-9-12-26-44(41)54(45)49-27-13-14-28-50(49)55-51-35-34-46-42-24-10-8-21-40(42)31-33-47(46)53(51)36-52(39-18-5-2-6-19-39)56(55)48-29-15-23-37-20-7-11-25-43(37)48/h1-36H. The molecule has 11 aromatic rings. The smallest absolute Gasteiger partial charge is 0.00139 e. The van der Waals surface area contributed by atoms with Crippen molar-refractivity contribution in [1.29, 1.82) is 0 Å². The first-order valence-corrected chi connectivity index (χ1v) is 19.4. The minimum Gasteiger partial charge on any atom is -0.0622 e. The van der Waals surface area contributed by atoms with Gasteiger partial charge in [-0.3, -0.25) is 0 Å². The molecule has 0 heteroatoms. The normalized spacial score (nSPS) is 11.6. The van der Waals surface area contributed by atoms with Gasteiger partial charge >= 0.3 is 0 Å². The van der Waals surface area contributed by atoms with Crippen molar-refractivity contribution in [2.45, 2.75) is 0 Å². The summed E-state index contributed by atoms with van der Waals surface area (Å²) in [6.45, 7) is 0. The summed E-state index contributed by atoms with van der Waals surface area (Å²) in [6.07, 6.45) is 0.